The molecule has 0 atom stereocenters. The molecule has 0 N–H and O–H groups in total. The second-order valence-electron chi connectivity index (χ2n) is 8.59. The van der Waals surface area contributed by atoms with Crippen LogP contribution in [0.1, 0.15) is 33.4 Å². The molecule has 0 saturated heterocycles. The number of hydrogen-bond donors (Lipinski definition) is 0. The van der Waals surface area contributed by atoms with Gasteiger partial charge in [-0.15, -0.1) is 0 Å². The summed E-state index contributed by atoms with van der Waals surface area (Å²) in [5, 5.41) is 38.0. The van der Waals surface area contributed by atoms with E-state index < -0.39 is 90.8 Å². The van der Waals surface area contributed by atoms with E-state index in [0.717, 1.165) is 12.1 Å². The Balaban J connectivity index is 1.99. The number of alkyl halides is 6. The van der Waals surface area contributed by atoms with Gasteiger partial charge in [0.15, 0.2) is 0 Å². The first kappa shape index (κ1) is 26.2. The van der Waals surface area contributed by atoms with Gasteiger partial charge < -0.3 is 0 Å². The predicted octanol–water partition coefficient (Wildman–Crippen LogP) is 7.66. The molecule has 194 valence electrons. The van der Waals surface area contributed by atoms with E-state index in [9.17, 15) is 47.4 Å². The van der Waals surface area contributed by atoms with E-state index in [2.05, 4.69) is 0 Å². The van der Waals surface area contributed by atoms with Crippen molar-refractivity contribution in [3.8, 4) is 46.5 Å². The fourth-order valence-corrected chi connectivity index (χ4v) is 5.02. The van der Waals surface area contributed by atoms with E-state index in [1.807, 2.05) is 0 Å². The van der Waals surface area contributed by atoms with E-state index in [4.69, 9.17) is 0 Å². The van der Waals surface area contributed by atoms with E-state index in [1.54, 1.807) is 0 Å². The normalized spacial score (nSPS) is 12.8. The van der Waals surface area contributed by atoms with Crippen LogP contribution in [0.15, 0.2) is 47.5 Å². The topological polar surface area (TPSA) is 95.2 Å². The van der Waals surface area contributed by atoms with E-state index in [1.165, 1.54) is 24.3 Å². The molecule has 3 aromatic carbocycles. The van der Waals surface area contributed by atoms with Crippen molar-refractivity contribution in [2.24, 2.45) is 0 Å². The van der Waals surface area contributed by atoms with Crippen LogP contribution in [0.5, 0.6) is 0 Å². The van der Waals surface area contributed by atoms with Crippen molar-refractivity contribution in [2.45, 2.75) is 12.4 Å². The molecular weight excluding hydrogens is 544 g/mol. The van der Waals surface area contributed by atoms with Gasteiger partial charge in [-0.3, -0.25) is 0 Å². The van der Waals surface area contributed by atoms with Crippen molar-refractivity contribution in [1.29, 1.82) is 21.0 Å². The van der Waals surface area contributed by atoms with Crippen molar-refractivity contribution in [3.05, 3.63) is 92.6 Å². The van der Waals surface area contributed by atoms with Crippen LogP contribution in [0.3, 0.4) is 0 Å². The quantitative estimate of drug-likeness (QED) is 0.146. The van der Waals surface area contributed by atoms with Gasteiger partial charge >= 0.3 is 12.4 Å². The van der Waals surface area contributed by atoms with E-state index >= 15 is 8.78 Å². The SMILES string of the molecule is N#CC(C#N)=C1c2cc(C(F)(F)F)ccc2-c2c(F)c3c(c(F)c21)-c1ccc(C(F)(F)F)cc1C3=C(C#N)C#N. The molecule has 0 spiro atoms. The molecule has 0 saturated carbocycles. The lowest BCUT2D eigenvalue weighted by Crippen LogP contribution is -2.05. The molecule has 4 nitrogen and oxygen atoms in total. The molecule has 2 aliphatic rings. The molecule has 0 unspecified atom stereocenters. The number of fused-ring (bicyclic) bond motifs is 6. The van der Waals surface area contributed by atoms with E-state index in [0.29, 0.717) is 24.3 Å². The Morgan fingerprint density at radius 3 is 1.10 bits per heavy atom. The second-order valence-corrected chi connectivity index (χ2v) is 8.59. The number of allylic oxidation sites excluding steroid dienone is 2. The third kappa shape index (κ3) is 3.47. The lowest BCUT2D eigenvalue weighted by Gasteiger charge is -2.13. The van der Waals surface area contributed by atoms with Gasteiger partial charge in [0, 0.05) is 33.4 Å². The lowest BCUT2D eigenvalue weighted by molar-refractivity contribution is -0.138. The highest BCUT2D eigenvalue weighted by molar-refractivity contribution is 6.11. The van der Waals surface area contributed by atoms with Crippen LogP contribution < -0.4 is 0 Å². The van der Waals surface area contributed by atoms with Crippen molar-refractivity contribution < 1.29 is 35.1 Å². The highest BCUT2D eigenvalue weighted by Gasteiger charge is 2.43. The Labute approximate surface area is 219 Å². The van der Waals surface area contributed by atoms with Gasteiger partial charge in [-0.2, -0.15) is 47.4 Å². The fraction of sp³-hybridized carbons (Fsp3) is 0.0714. The third-order valence-electron chi connectivity index (χ3n) is 6.60. The van der Waals surface area contributed by atoms with Gasteiger partial charge in [-0.25, -0.2) is 8.78 Å². The van der Waals surface area contributed by atoms with Crippen molar-refractivity contribution in [1.82, 2.24) is 0 Å². The van der Waals surface area contributed by atoms with Gasteiger partial charge in [0.1, 0.15) is 47.1 Å². The predicted molar refractivity (Wildman–Crippen MR) is 122 cm³/mol. The van der Waals surface area contributed by atoms with Crippen LogP contribution in [0.2, 0.25) is 0 Å². The summed E-state index contributed by atoms with van der Waals surface area (Å²) in [6.07, 6.45) is -9.79. The zero-order valence-corrected chi connectivity index (χ0v) is 19.3. The van der Waals surface area contributed by atoms with Gasteiger partial charge in [-0.1, -0.05) is 12.1 Å². The summed E-state index contributed by atoms with van der Waals surface area (Å²) in [5.41, 5.74) is -9.84. The minimum absolute atomic E-state index is 0.332. The number of hydrogen-bond acceptors (Lipinski definition) is 4. The molecule has 3 aromatic rings. The number of halogens is 8. The van der Waals surface area contributed by atoms with E-state index in [-0.39, 0.29) is 11.1 Å². The molecule has 0 heterocycles. The molecule has 5 rings (SSSR count). The first-order chi connectivity index (χ1) is 18.8. The molecule has 0 amide bonds. The highest BCUT2D eigenvalue weighted by atomic mass is 19.4. The molecule has 0 radical (unpaired) electrons. The molecule has 0 bridgehead atoms. The lowest BCUT2D eigenvalue weighted by atomic mass is 9.91. The number of benzene rings is 3. The Kier molecular flexibility index (Phi) is 5.58. The first-order valence-electron chi connectivity index (χ1n) is 10.9. The second kappa shape index (κ2) is 8.53. The van der Waals surface area contributed by atoms with Crippen molar-refractivity contribution in [2.75, 3.05) is 0 Å². The molecule has 0 fully saturated rings. The maximum absolute atomic E-state index is 16.4. The molecule has 0 aliphatic heterocycles. The molecule has 12 heteroatoms. The van der Waals surface area contributed by atoms with Gasteiger partial charge in [0.2, 0.25) is 0 Å². The minimum atomic E-state index is -4.90. The monoisotopic (exact) mass is 550 g/mol. The maximum atomic E-state index is 16.4. The number of nitrogens with zero attached hydrogens (tertiary/aromatic N) is 4. The van der Waals surface area contributed by atoms with Crippen LogP contribution in [0, 0.1) is 57.0 Å². The summed E-state index contributed by atoms with van der Waals surface area (Å²) < 4.78 is 114. The maximum Gasteiger partial charge on any atom is 0.416 e. The van der Waals surface area contributed by atoms with Crippen LogP contribution in [0.25, 0.3) is 33.4 Å². The van der Waals surface area contributed by atoms with Crippen LogP contribution >= 0.6 is 0 Å². The summed E-state index contributed by atoms with van der Waals surface area (Å²) in [4.78, 5) is 0. The average Bonchev–Trinajstić information content (AvgIpc) is 3.42. The molecule has 0 aromatic heterocycles. The van der Waals surface area contributed by atoms with Gasteiger partial charge in [0.05, 0.1) is 11.1 Å². The van der Waals surface area contributed by atoms with Gasteiger partial charge in [0.25, 0.3) is 0 Å². The largest absolute Gasteiger partial charge is 0.416 e. The Morgan fingerprint density at radius 1 is 0.500 bits per heavy atom. The third-order valence-corrected chi connectivity index (χ3v) is 6.60. The summed E-state index contributed by atoms with van der Waals surface area (Å²) in [6.45, 7) is 0. The summed E-state index contributed by atoms with van der Waals surface area (Å²) >= 11 is 0. The minimum Gasteiger partial charge on any atom is -0.206 e. The first-order valence-corrected chi connectivity index (χ1v) is 10.9. The van der Waals surface area contributed by atoms with Crippen molar-refractivity contribution >= 4 is 11.1 Å². The van der Waals surface area contributed by atoms with Crippen LogP contribution in [-0.4, -0.2) is 0 Å². The number of nitriles is 4. The van der Waals surface area contributed by atoms with Gasteiger partial charge in [-0.05, 0) is 46.5 Å². The van der Waals surface area contributed by atoms with Crippen molar-refractivity contribution in [3.63, 3.8) is 0 Å². The molecular formula is C28H6F8N4. The van der Waals surface area contributed by atoms with Crippen LogP contribution in [-0.2, 0) is 12.4 Å². The highest BCUT2D eigenvalue weighted by Crippen LogP contribution is 2.57. The summed E-state index contributed by atoms with van der Waals surface area (Å²) in [7, 11) is 0. The average molecular weight is 550 g/mol. The van der Waals surface area contributed by atoms with Crippen LogP contribution in [0.4, 0.5) is 35.1 Å². The molecule has 2 aliphatic carbocycles. The Hall–Kier alpha value is -5.46. The summed E-state index contributed by atoms with van der Waals surface area (Å²) in [5.74, 6) is -2.72. The summed E-state index contributed by atoms with van der Waals surface area (Å²) in [6, 6.07) is 9.69. The standard InChI is InChI=1S/C28H6F8N4/c29-25-21-15-3-1-13(27(31,32)33)5-17(15)19(11(7-37)8-38)23(21)26(30)22-16-4-2-14(28(34,35)36)6-18(16)20(24(22)25)12(9-39)10-40/h1-6H. The zero-order chi connectivity index (χ0) is 29.3. The zero-order valence-electron chi connectivity index (χ0n) is 19.3. The smallest absolute Gasteiger partial charge is 0.206 e. The Bertz CT molecular complexity index is 1760. The molecule has 40 heavy (non-hydrogen) atoms. The fourth-order valence-electron chi connectivity index (χ4n) is 5.02. The Morgan fingerprint density at radius 2 is 0.825 bits per heavy atom. The number of rotatable bonds is 0.